The zero-order valence-electron chi connectivity index (χ0n) is 14.0. The largest absolute Gasteiger partial charge is 0.0897 e. The van der Waals surface area contributed by atoms with E-state index in [1.807, 2.05) is 0 Å². The highest BCUT2D eigenvalue weighted by Crippen LogP contribution is 2.64. The van der Waals surface area contributed by atoms with Crippen LogP contribution >= 0.6 is 15.8 Å². The Balaban J connectivity index is 3.02. The highest BCUT2D eigenvalue weighted by Gasteiger charge is 2.34. The molecule has 1 rings (SSSR count). The molecular weight excluding hydrogens is 266 g/mol. The molecule has 0 amide bonds. The summed E-state index contributed by atoms with van der Waals surface area (Å²) >= 11 is 0. The van der Waals surface area contributed by atoms with Crippen molar-refractivity contribution in [2.45, 2.75) is 83.7 Å². The van der Waals surface area contributed by atoms with Gasteiger partial charge in [0.2, 0.25) is 0 Å². The Hall–Kier alpha value is 0.340. The predicted octanol–water partition coefficient (Wildman–Crippen LogP) is 6.41. The average Bonchev–Trinajstić information content (AvgIpc) is 2.64. The zero-order valence-corrected chi connectivity index (χ0v) is 15.8. The smallest absolute Gasteiger partial charge is 0.0233 e. The first kappa shape index (κ1) is 17.4. The van der Waals surface area contributed by atoms with Gasteiger partial charge in [0.05, 0.1) is 0 Å². The second-order valence-electron chi connectivity index (χ2n) is 6.65. The fraction of sp³-hybridized carbons (Fsp3) is 0.765. The Labute approximate surface area is 123 Å². The standard InChI is InChI=1S/C17H32P2/c1-12(2)18(13(3)4)16-10-9-11-17(16)19(14(5)6)15(7)8/h9-16H,1-8H3. The van der Waals surface area contributed by atoms with Gasteiger partial charge in [-0.05, 0) is 28.0 Å². The lowest BCUT2D eigenvalue weighted by atomic mass is 10.4. The Morgan fingerprint density at radius 3 is 1.63 bits per heavy atom. The summed E-state index contributed by atoms with van der Waals surface area (Å²) in [5.74, 6) is 0. The van der Waals surface area contributed by atoms with Crippen molar-refractivity contribution < 1.29 is 0 Å². The van der Waals surface area contributed by atoms with Crippen LogP contribution in [0.1, 0.15) is 55.4 Å². The first-order valence-electron chi connectivity index (χ1n) is 7.71. The predicted molar refractivity (Wildman–Crippen MR) is 95.4 cm³/mol. The SMILES string of the molecule is CC(C)P(C1=CC=CC1P(C(C)C)C(C)C)C(C)C. The molecule has 2 heteroatoms. The molecule has 1 aliphatic carbocycles. The molecule has 0 spiro atoms. The lowest BCUT2D eigenvalue weighted by Crippen LogP contribution is -2.18. The molecule has 0 heterocycles. The normalized spacial score (nSPS) is 19.9. The van der Waals surface area contributed by atoms with Gasteiger partial charge >= 0.3 is 0 Å². The van der Waals surface area contributed by atoms with Gasteiger partial charge in [0.15, 0.2) is 0 Å². The van der Waals surface area contributed by atoms with Crippen LogP contribution in [0.15, 0.2) is 23.5 Å². The van der Waals surface area contributed by atoms with Crippen molar-refractivity contribution in [2.24, 2.45) is 0 Å². The third-order valence-electron chi connectivity index (χ3n) is 3.79. The topological polar surface area (TPSA) is 0 Å². The van der Waals surface area contributed by atoms with Gasteiger partial charge in [0, 0.05) is 5.66 Å². The van der Waals surface area contributed by atoms with E-state index in [4.69, 9.17) is 0 Å². The van der Waals surface area contributed by atoms with E-state index in [1.54, 1.807) is 5.31 Å². The molecule has 1 atom stereocenters. The van der Waals surface area contributed by atoms with E-state index in [0.29, 0.717) is 0 Å². The summed E-state index contributed by atoms with van der Waals surface area (Å²) in [6, 6.07) is 0. The molecule has 0 aliphatic heterocycles. The summed E-state index contributed by atoms with van der Waals surface area (Å²) in [6.07, 6.45) is 7.29. The molecule has 0 aromatic carbocycles. The first-order valence-corrected chi connectivity index (χ1v) is 10.7. The van der Waals surface area contributed by atoms with Crippen LogP contribution in [0.4, 0.5) is 0 Å². The highest BCUT2D eigenvalue weighted by molar-refractivity contribution is 7.67. The van der Waals surface area contributed by atoms with Crippen LogP contribution in [-0.2, 0) is 0 Å². The molecular formula is C17H32P2. The third kappa shape index (κ3) is 4.15. The van der Waals surface area contributed by atoms with Gasteiger partial charge in [-0.2, -0.15) is 0 Å². The minimum atomic E-state index is 0.0137. The van der Waals surface area contributed by atoms with Crippen LogP contribution in [0.5, 0.6) is 0 Å². The van der Waals surface area contributed by atoms with Gasteiger partial charge < -0.3 is 0 Å². The van der Waals surface area contributed by atoms with E-state index in [-0.39, 0.29) is 15.8 Å². The summed E-state index contributed by atoms with van der Waals surface area (Å²) < 4.78 is 0. The van der Waals surface area contributed by atoms with Crippen molar-refractivity contribution in [3.8, 4) is 0 Å². The summed E-state index contributed by atoms with van der Waals surface area (Å²) in [5.41, 5.74) is 4.01. The molecule has 0 radical (unpaired) electrons. The number of rotatable bonds is 6. The maximum Gasteiger partial charge on any atom is 0.0233 e. The Morgan fingerprint density at radius 2 is 1.26 bits per heavy atom. The van der Waals surface area contributed by atoms with E-state index in [0.717, 1.165) is 28.3 Å². The Bertz CT molecular complexity index is 321. The maximum absolute atomic E-state index is 2.50. The molecule has 1 unspecified atom stereocenters. The van der Waals surface area contributed by atoms with E-state index >= 15 is 0 Å². The summed E-state index contributed by atoms with van der Waals surface area (Å²) in [4.78, 5) is 0. The van der Waals surface area contributed by atoms with Crippen LogP contribution in [0.2, 0.25) is 0 Å². The van der Waals surface area contributed by atoms with Gasteiger partial charge in [0.1, 0.15) is 0 Å². The molecule has 1 aliphatic rings. The Kier molecular flexibility index (Phi) is 6.75. The molecule has 0 bridgehead atoms. The molecule has 0 nitrogen and oxygen atoms in total. The quantitative estimate of drug-likeness (QED) is 0.497. The highest BCUT2D eigenvalue weighted by atomic mass is 31.1. The van der Waals surface area contributed by atoms with Gasteiger partial charge in [-0.1, -0.05) is 89.5 Å². The van der Waals surface area contributed by atoms with Crippen LogP contribution in [0.3, 0.4) is 0 Å². The van der Waals surface area contributed by atoms with Crippen LogP contribution in [0.25, 0.3) is 0 Å². The number of allylic oxidation sites excluding steroid dienone is 4. The van der Waals surface area contributed by atoms with Crippen molar-refractivity contribution in [1.29, 1.82) is 0 Å². The molecule has 0 saturated carbocycles. The average molecular weight is 298 g/mol. The third-order valence-corrected chi connectivity index (χ3v) is 10.7. The van der Waals surface area contributed by atoms with Crippen molar-refractivity contribution >= 4 is 15.8 Å². The molecule has 0 aromatic rings. The number of hydrogen-bond acceptors (Lipinski definition) is 0. The summed E-state index contributed by atoms with van der Waals surface area (Å²) in [6.45, 7) is 19.3. The van der Waals surface area contributed by atoms with Crippen molar-refractivity contribution in [3.63, 3.8) is 0 Å². The van der Waals surface area contributed by atoms with Crippen molar-refractivity contribution in [2.75, 3.05) is 0 Å². The molecule has 0 aromatic heterocycles. The minimum absolute atomic E-state index is 0.0137. The van der Waals surface area contributed by atoms with Crippen LogP contribution in [-0.4, -0.2) is 28.3 Å². The van der Waals surface area contributed by atoms with Crippen LogP contribution < -0.4 is 0 Å². The zero-order chi connectivity index (χ0) is 14.7. The van der Waals surface area contributed by atoms with E-state index in [2.05, 4.69) is 73.6 Å². The minimum Gasteiger partial charge on any atom is -0.0897 e. The number of hydrogen-bond donors (Lipinski definition) is 0. The molecule has 19 heavy (non-hydrogen) atoms. The second kappa shape index (κ2) is 7.38. The molecule has 110 valence electrons. The molecule has 0 fully saturated rings. The maximum atomic E-state index is 2.50. The van der Waals surface area contributed by atoms with Gasteiger partial charge in [-0.25, -0.2) is 0 Å². The lowest BCUT2D eigenvalue weighted by molar-refractivity contribution is 0.981. The van der Waals surface area contributed by atoms with Gasteiger partial charge in [-0.3, -0.25) is 0 Å². The molecule has 0 N–H and O–H groups in total. The monoisotopic (exact) mass is 298 g/mol. The van der Waals surface area contributed by atoms with Crippen molar-refractivity contribution in [1.82, 2.24) is 0 Å². The Morgan fingerprint density at radius 1 is 0.789 bits per heavy atom. The van der Waals surface area contributed by atoms with E-state index in [1.165, 1.54) is 0 Å². The summed E-state index contributed by atoms with van der Waals surface area (Å²) in [7, 11) is 0.0737. The van der Waals surface area contributed by atoms with Gasteiger partial charge in [-0.15, -0.1) is 0 Å². The fourth-order valence-electron chi connectivity index (χ4n) is 3.38. The second-order valence-corrected chi connectivity index (χ2v) is 13.6. The van der Waals surface area contributed by atoms with Crippen molar-refractivity contribution in [3.05, 3.63) is 23.5 Å². The lowest BCUT2D eigenvalue weighted by Gasteiger charge is -2.38. The van der Waals surface area contributed by atoms with E-state index in [9.17, 15) is 0 Å². The van der Waals surface area contributed by atoms with Gasteiger partial charge in [0.25, 0.3) is 0 Å². The fourth-order valence-corrected chi connectivity index (χ4v) is 10.4. The molecule has 0 saturated heterocycles. The first-order chi connectivity index (χ1) is 8.77. The summed E-state index contributed by atoms with van der Waals surface area (Å²) in [5, 5.41) is 1.79. The van der Waals surface area contributed by atoms with E-state index < -0.39 is 0 Å². The van der Waals surface area contributed by atoms with Crippen LogP contribution in [0, 0.1) is 0 Å².